The van der Waals surface area contributed by atoms with Gasteiger partial charge in [-0.15, -0.1) is 0 Å². The van der Waals surface area contributed by atoms with Gasteiger partial charge in [-0.2, -0.15) is 0 Å². The Hall–Kier alpha value is -0.870. The molecule has 1 rings (SSSR count). The van der Waals surface area contributed by atoms with Crippen molar-refractivity contribution >= 4 is 10.8 Å². The lowest BCUT2D eigenvalue weighted by Crippen LogP contribution is -2.22. The molecule has 1 aromatic rings. The van der Waals surface area contributed by atoms with E-state index >= 15 is 0 Å². The van der Waals surface area contributed by atoms with Gasteiger partial charge in [-0.25, -0.2) is 0 Å². The van der Waals surface area contributed by atoms with Crippen LogP contribution in [-0.2, 0) is 10.8 Å². The van der Waals surface area contributed by atoms with Gasteiger partial charge in [0.2, 0.25) is 0 Å². The Bertz CT molecular complexity index is 351. The highest BCUT2D eigenvalue weighted by atomic mass is 32.2. The van der Waals surface area contributed by atoms with Crippen LogP contribution in [-0.4, -0.2) is 27.9 Å². The van der Waals surface area contributed by atoms with Crippen LogP contribution in [0.1, 0.15) is 31.4 Å². The number of benzene rings is 1. The summed E-state index contributed by atoms with van der Waals surface area (Å²) in [6.07, 6.45) is 3.66. The van der Waals surface area contributed by atoms with Crippen LogP contribution in [0.2, 0.25) is 0 Å². The summed E-state index contributed by atoms with van der Waals surface area (Å²) >= 11 is 0. The highest BCUT2D eigenvalue weighted by Crippen LogP contribution is 2.19. The van der Waals surface area contributed by atoms with Crippen LogP contribution in [0, 0.1) is 0 Å². The van der Waals surface area contributed by atoms with Gasteiger partial charge in [0.25, 0.3) is 0 Å². The maximum atomic E-state index is 10.9. The summed E-state index contributed by atoms with van der Waals surface area (Å²) in [5.41, 5.74) is 1.18. The molecule has 0 spiro atoms. The van der Waals surface area contributed by atoms with Gasteiger partial charge >= 0.3 is 0 Å². The molecule has 0 aromatic heterocycles. The maximum Gasteiger partial charge on any atom is 0.115 e. The van der Waals surface area contributed by atoms with Crippen molar-refractivity contribution < 1.29 is 9.32 Å². The third-order valence-corrected chi connectivity index (χ3v) is 3.57. The Morgan fingerprint density at radius 1 is 1.35 bits per heavy atom. The van der Waals surface area contributed by atoms with Crippen molar-refractivity contribution in [2.75, 3.05) is 18.6 Å². The van der Waals surface area contributed by atoms with E-state index in [4.69, 9.17) is 0 Å². The minimum atomic E-state index is -0.703. The number of nitrogens with one attached hydrogen (secondary N) is 1. The van der Waals surface area contributed by atoms with Gasteiger partial charge in [0, 0.05) is 28.9 Å². The van der Waals surface area contributed by atoms with Crippen molar-refractivity contribution in [2.45, 2.75) is 25.8 Å². The molecule has 0 aliphatic heterocycles. The Morgan fingerprint density at radius 3 is 2.53 bits per heavy atom. The second-order valence-electron chi connectivity index (χ2n) is 4.14. The molecule has 0 saturated heterocycles. The van der Waals surface area contributed by atoms with Crippen LogP contribution in [0.15, 0.2) is 24.3 Å². The Kier molecular flexibility index (Phi) is 6.22. The van der Waals surface area contributed by atoms with Gasteiger partial charge < -0.3 is 10.4 Å². The van der Waals surface area contributed by atoms with E-state index in [9.17, 15) is 9.32 Å². The standard InChI is InChI=1S/C13H21NO2S/c1-3-13(14-9-4-10-17(2)16)11-5-7-12(15)8-6-11/h5-8,13-15H,3-4,9-10H2,1-2H3. The average Bonchev–Trinajstić information content (AvgIpc) is 2.30. The first-order valence-corrected chi connectivity index (χ1v) is 7.68. The van der Waals surface area contributed by atoms with Crippen molar-refractivity contribution in [3.8, 4) is 5.75 Å². The van der Waals surface area contributed by atoms with E-state index in [0.29, 0.717) is 11.8 Å². The Morgan fingerprint density at radius 2 is 2.00 bits per heavy atom. The molecule has 0 saturated carbocycles. The smallest absolute Gasteiger partial charge is 0.115 e. The topological polar surface area (TPSA) is 49.3 Å². The van der Waals surface area contributed by atoms with Gasteiger partial charge in [-0.05, 0) is 37.1 Å². The molecule has 0 aliphatic carbocycles. The van der Waals surface area contributed by atoms with Gasteiger partial charge in [-0.3, -0.25) is 4.21 Å². The molecule has 3 nitrogen and oxygen atoms in total. The fraction of sp³-hybridized carbons (Fsp3) is 0.538. The van der Waals surface area contributed by atoms with E-state index < -0.39 is 10.8 Å². The van der Waals surface area contributed by atoms with Gasteiger partial charge in [0.15, 0.2) is 0 Å². The zero-order valence-corrected chi connectivity index (χ0v) is 11.3. The first-order valence-electron chi connectivity index (χ1n) is 5.95. The summed E-state index contributed by atoms with van der Waals surface area (Å²) in [5, 5.41) is 12.7. The zero-order chi connectivity index (χ0) is 12.7. The Balaban J connectivity index is 2.43. The first-order chi connectivity index (χ1) is 8.13. The summed E-state index contributed by atoms with van der Waals surface area (Å²) in [7, 11) is -0.703. The quantitative estimate of drug-likeness (QED) is 0.734. The van der Waals surface area contributed by atoms with Crippen molar-refractivity contribution in [3.63, 3.8) is 0 Å². The van der Waals surface area contributed by atoms with Crippen LogP contribution >= 0.6 is 0 Å². The molecule has 96 valence electrons. The lowest BCUT2D eigenvalue weighted by molar-refractivity contribution is 0.473. The van der Waals surface area contributed by atoms with Crippen LogP contribution in [0.5, 0.6) is 5.75 Å². The first kappa shape index (κ1) is 14.2. The van der Waals surface area contributed by atoms with E-state index in [2.05, 4.69) is 12.2 Å². The molecule has 2 unspecified atom stereocenters. The number of hydrogen-bond donors (Lipinski definition) is 2. The molecule has 17 heavy (non-hydrogen) atoms. The molecular formula is C13H21NO2S. The predicted octanol–water partition coefficient (Wildman–Crippen LogP) is 2.20. The maximum absolute atomic E-state index is 10.9. The molecule has 2 N–H and O–H groups in total. The molecular weight excluding hydrogens is 234 g/mol. The number of phenols is 1. The highest BCUT2D eigenvalue weighted by Gasteiger charge is 2.07. The number of rotatable bonds is 7. The molecule has 2 atom stereocenters. The monoisotopic (exact) mass is 255 g/mol. The molecule has 0 amide bonds. The van der Waals surface area contributed by atoms with Crippen LogP contribution in [0.3, 0.4) is 0 Å². The molecule has 0 heterocycles. The second kappa shape index (κ2) is 7.45. The van der Waals surface area contributed by atoms with Crippen LogP contribution in [0.4, 0.5) is 0 Å². The minimum absolute atomic E-state index is 0.296. The van der Waals surface area contributed by atoms with E-state index in [1.165, 1.54) is 5.56 Å². The summed E-state index contributed by atoms with van der Waals surface area (Å²) in [4.78, 5) is 0. The number of hydrogen-bond acceptors (Lipinski definition) is 3. The molecule has 0 radical (unpaired) electrons. The van der Waals surface area contributed by atoms with E-state index in [-0.39, 0.29) is 0 Å². The van der Waals surface area contributed by atoms with E-state index in [1.807, 2.05) is 12.1 Å². The summed E-state index contributed by atoms with van der Waals surface area (Å²) in [6.45, 7) is 3.00. The van der Waals surface area contributed by atoms with E-state index in [1.54, 1.807) is 18.4 Å². The fourth-order valence-corrected chi connectivity index (χ4v) is 2.31. The minimum Gasteiger partial charge on any atom is -0.508 e. The second-order valence-corrected chi connectivity index (χ2v) is 5.69. The lowest BCUT2D eigenvalue weighted by Gasteiger charge is -2.17. The highest BCUT2D eigenvalue weighted by molar-refractivity contribution is 7.84. The third-order valence-electron chi connectivity index (χ3n) is 2.70. The normalized spacial score (nSPS) is 14.5. The van der Waals surface area contributed by atoms with Gasteiger partial charge in [0.1, 0.15) is 5.75 Å². The largest absolute Gasteiger partial charge is 0.508 e. The molecule has 0 fully saturated rings. The van der Waals surface area contributed by atoms with Crippen LogP contribution < -0.4 is 5.32 Å². The predicted molar refractivity (Wildman–Crippen MR) is 72.7 cm³/mol. The molecule has 1 aromatic carbocycles. The van der Waals surface area contributed by atoms with Gasteiger partial charge in [-0.1, -0.05) is 19.1 Å². The number of phenolic OH excluding ortho intramolecular Hbond substituents is 1. The van der Waals surface area contributed by atoms with Crippen molar-refractivity contribution in [1.29, 1.82) is 0 Å². The fourth-order valence-electron chi connectivity index (χ4n) is 1.76. The molecule has 4 heteroatoms. The average molecular weight is 255 g/mol. The lowest BCUT2D eigenvalue weighted by atomic mass is 10.0. The third kappa shape index (κ3) is 5.33. The van der Waals surface area contributed by atoms with Crippen molar-refractivity contribution in [2.24, 2.45) is 0 Å². The van der Waals surface area contributed by atoms with E-state index in [0.717, 1.165) is 25.1 Å². The van der Waals surface area contributed by atoms with Crippen molar-refractivity contribution in [3.05, 3.63) is 29.8 Å². The summed E-state index contributed by atoms with van der Waals surface area (Å²) in [5.74, 6) is 1.05. The molecule has 0 aliphatic rings. The van der Waals surface area contributed by atoms with Crippen molar-refractivity contribution in [1.82, 2.24) is 5.32 Å². The number of aromatic hydroxyl groups is 1. The zero-order valence-electron chi connectivity index (χ0n) is 10.5. The summed E-state index contributed by atoms with van der Waals surface area (Å²) < 4.78 is 10.9. The van der Waals surface area contributed by atoms with Crippen LogP contribution in [0.25, 0.3) is 0 Å². The Labute approximate surface area is 106 Å². The van der Waals surface area contributed by atoms with Gasteiger partial charge in [0.05, 0.1) is 0 Å². The summed E-state index contributed by atoms with van der Waals surface area (Å²) in [6, 6.07) is 7.60. The SMILES string of the molecule is CCC(NCCCS(C)=O)c1ccc(O)cc1. The molecule has 0 bridgehead atoms.